The molecule has 1 aliphatic carbocycles. The molecule has 10 nitrogen and oxygen atoms in total. The SMILES string of the molecule is Cc1ncncc1/C(=N\OC(C)(C)C)C1CCC(N(C)c2c(C#N)c(=O)n(C)c3ccc(C#N)nc23)CC1. The van der Waals surface area contributed by atoms with E-state index in [0.717, 1.165) is 42.7 Å². The number of fused-ring (bicyclic) bond motifs is 1. The van der Waals surface area contributed by atoms with E-state index >= 15 is 0 Å². The van der Waals surface area contributed by atoms with Crippen LogP contribution >= 0.6 is 0 Å². The fraction of sp³-hybridized carbons (Fsp3) is 0.464. The second-order valence-electron chi connectivity index (χ2n) is 10.7. The minimum absolute atomic E-state index is 0.0325. The summed E-state index contributed by atoms with van der Waals surface area (Å²) in [7, 11) is 3.51. The van der Waals surface area contributed by atoms with Crippen LogP contribution in [0.4, 0.5) is 5.69 Å². The van der Waals surface area contributed by atoms with Gasteiger partial charge in [-0.3, -0.25) is 4.79 Å². The van der Waals surface area contributed by atoms with Gasteiger partial charge in [0, 0.05) is 43.5 Å². The first-order valence-corrected chi connectivity index (χ1v) is 12.7. The van der Waals surface area contributed by atoms with Crippen molar-refractivity contribution in [2.24, 2.45) is 18.1 Å². The molecular formula is C28H32N8O2. The lowest BCUT2D eigenvalue weighted by Crippen LogP contribution is -2.39. The van der Waals surface area contributed by atoms with E-state index < -0.39 is 5.60 Å². The molecule has 0 bridgehead atoms. The van der Waals surface area contributed by atoms with Crippen LogP contribution < -0.4 is 10.5 Å². The number of nitriles is 2. The van der Waals surface area contributed by atoms with Crippen molar-refractivity contribution >= 4 is 22.4 Å². The molecule has 1 aliphatic rings. The smallest absolute Gasteiger partial charge is 0.270 e. The molecule has 1 fully saturated rings. The van der Waals surface area contributed by atoms with Crippen LogP contribution in [0, 0.1) is 35.5 Å². The minimum Gasteiger partial charge on any atom is -0.390 e. The first-order chi connectivity index (χ1) is 18.1. The van der Waals surface area contributed by atoms with Gasteiger partial charge in [0.25, 0.3) is 5.56 Å². The van der Waals surface area contributed by atoms with E-state index in [9.17, 15) is 15.3 Å². The minimum atomic E-state index is -0.435. The van der Waals surface area contributed by atoms with Crippen molar-refractivity contribution in [3.8, 4) is 12.1 Å². The number of aryl methyl sites for hydroxylation is 2. The summed E-state index contributed by atoms with van der Waals surface area (Å²) in [6, 6.07) is 7.51. The monoisotopic (exact) mass is 512 g/mol. The molecule has 3 aromatic heterocycles. The Kier molecular flexibility index (Phi) is 7.45. The number of hydrogen-bond acceptors (Lipinski definition) is 9. The second-order valence-corrected chi connectivity index (χ2v) is 10.7. The Hall–Kier alpha value is -4.31. The summed E-state index contributed by atoms with van der Waals surface area (Å²) in [6.07, 6.45) is 6.59. The molecule has 0 spiro atoms. The van der Waals surface area contributed by atoms with Crippen molar-refractivity contribution in [3.05, 3.63) is 57.5 Å². The number of rotatable bonds is 5. The number of pyridine rings is 2. The van der Waals surface area contributed by atoms with Crippen molar-refractivity contribution in [1.29, 1.82) is 10.5 Å². The van der Waals surface area contributed by atoms with E-state index in [1.807, 2.05) is 39.6 Å². The molecule has 0 atom stereocenters. The van der Waals surface area contributed by atoms with Gasteiger partial charge >= 0.3 is 0 Å². The molecule has 196 valence electrons. The summed E-state index contributed by atoms with van der Waals surface area (Å²) >= 11 is 0. The molecule has 1 saturated carbocycles. The van der Waals surface area contributed by atoms with Crippen LogP contribution in [0.1, 0.15) is 69.0 Å². The summed E-state index contributed by atoms with van der Waals surface area (Å²) in [5.74, 6) is 0.144. The number of nitrogens with zero attached hydrogens (tertiary/aromatic N) is 8. The average molecular weight is 513 g/mol. The third kappa shape index (κ3) is 5.21. The highest BCUT2D eigenvalue weighted by atomic mass is 16.6. The van der Waals surface area contributed by atoms with E-state index in [4.69, 9.17) is 4.84 Å². The molecule has 0 unspecified atom stereocenters. The maximum absolute atomic E-state index is 13.0. The lowest BCUT2D eigenvalue weighted by molar-refractivity contribution is -0.0000464. The van der Waals surface area contributed by atoms with E-state index in [-0.39, 0.29) is 28.8 Å². The molecule has 3 aromatic rings. The maximum atomic E-state index is 13.0. The van der Waals surface area contributed by atoms with Crippen LogP contribution in [-0.4, -0.2) is 43.9 Å². The summed E-state index contributed by atoms with van der Waals surface area (Å²) in [6.45, 7) is 7.82. The van der Waals surface area contributed by atoms with Crippen LogP contribution in [0.2, 0.25) is 0 Å². The number of anilines is 1. The van der Waals surface area contributed by atoms with Crippen molar-refractivity contribution in [2.75, 3.05) is 11.9 Å². The molecule has 38 heavy (non-hydrogen) atoms. The Labute approximate surface area is 222 Å². The van der Waals surface area contributed by atoms with E-state index in [2.05, 4.69) is 32.2 Å². The standard InChI is InChI=1S/C28H32N8O2/c1-17-22(15-31-16-32-17)24(34-38-28(2,3)4)18-7-10-20(11-8-18)35(5)26-21(14-30)27(37)36(6)23-12-9-19(13-29)33-25(23)26/h9,12,15-16,18,20H,7-8,10-11H2,1-6H3/b34-24-. The predicted octanol–water partition coefficient (Wildman–Crippen LogP) is 3.99. The normalized spacial score (nSPS) is 18.1. The van der Waals surface area contributed by atoms with Gasteiger partial charge in [-0.15, -0.1) is 0 Å². The molecular weight excluding hydrogens is 480 g/mol. The Bertz CT molecular complexity index is 1530. The van der Waals surface area contributed by atoms with Gasteiger partial charge in [0.1, 0.15) is 40.8 Å². The molecule has 0 amide bonds. The topological polar surface area (TPSA) is 133 Å². The summed E-state index contributed by atoms with van der Waals surface area (Å²) in [5, 5.41) is 23.9. The van der Waals surface area contributed by atoms with E-state index in [1.54, 1.807) is 25.4 Å². The zero-order chi connectivity index (χ0) is 27.6. The third-order valence-corrected chi connectivity index (χ3v) is 7.03. The Balaban J connectivity index is 1.67. The van der Waals surface area contributed by atoms with Crippen LogP contribution in [0.5, 0.6) is 0 Å². The van der Waals surface area contributed by atoms with Crippen molar-refractivity contribution in [2.45, 2.75) is 65.0 Å². The predicted molar refractivity (Wildman–Crippen MR) is 145 cm³/mol. The summed E-state index contributed by atoms with van der Waals surface area (Å²) in [4.78, 5) is 33.9. The largest absolute Gasteiger partial charge is 0.390 e. The van der Waals surface area contributed by atoms with Gasteiger partial charge in [0.15, 0.2) is 0 Å². The van der Waals surface area contributed by atoms with Gasteiger partial charge in [-0.1, -0.05) is 5.16 Å². The van der Waals surface area contributed by atoms with Gasteiger partial charge in [-0.2, -0.15) is 10.5 Å². The zero-order valence-electron chi connectivity index (χ0n) is 22.7. The second kappa shape index (κ2) is 10.6. The highest BCUT2D eigenvalue weighted by Crippen LogP contribution is 2.35. The van der Waals surface area contributed by atoms with Crippen molar-refractivity contribution in [3.63, 3.8) is 0 Å². The molecule has 0 aromatic carbocycles. The maximum Gasteiger partial charge on any atom is 0.270 e. The van der Waals surface area contributed by atoms with Crippen molar-refractivity contribution in [1.82, 2.24) is 19.5 Å². The zero-order valence-corrected chi connectivity index (χ0v) is 22.7. The third-order valence-electron chi connectivity index (χ3n) is 7.03. The lowest BCUT2D eigenvalue weighted by Gasteiger charge is -2.37. The average Bonchev–Trinajstić information content (AvgIpc) is 2.90. The van der Waals surface area contributed by atoms with Gasteiger partial charge in [0.05, 0.1) is 16.9 Å². The van der Waals surface area contributed by atoms with Crippen LogP contribution in [0.25, 0.3) is 11.0 Å². The van der Waals surface area contributed by atoms with E-state index in [0.29, 0.717) is 16.7 Å². The molecule has 0 radical (unpaired) electrons. The van der Waals surface area contributed by atoms with Crippen LogP contribution in [0.3, 0.4) is 0 Å². The fourth-order valence-electron chi connectivity index (χ4n) is 4.99. The first kappa shape index (κ1) is 26.7. The van der Waals surface area contributed by atoms with Gasteiger partial charge in [-0.05, 0) is 65.5 Å². The van der Waals surface area contributed by atoms with E-state index in [1.165, 1.54) is 10.9 Å². The molecule has 0 aliphatic heterocycles. The Morgan fingerprint density at radius 3 is 2.50 bits per heavy atom. The van der Waals surface area contributed by atoms with Crippen LogP contribution in [0.15, 0.2) is 34.6 Å². The Morgan fingerprint density at radius 2 is 1.89 bits per heavy atom. The highest BCUT2D eigenvalue weighted by molar-refractivity contribution is 6.02. The molecule has 4 rings (SSSR count). The van der Waals surface area contributed by atoms with Crippen LogP contribution in [-0.2, 0) is 11.9 Å². The van der Waals surface area contributed by atoms with Crippen molar-refractivity contribution < 1.29 is 4.84 Å². The van der Waals surface area contributed by atoms with Gasteiger partial charge < -0.3 is 14.3 Å². The molecule has 0 saturated heterocycles. The molecule has 0 N–H and O–H groups in total. The number of aromatic nitrogens is 4. The summed E-state index contributed by atoms with van der Waals surface area (Å²) < 4.78 is 1.42. The van der Waals surface area contributed by atoms with Gasteiger partial charge in [0.2, 0.25) is 0 Å². The Morgan fingerprint density at radius 1 is 1.18 bits per heavy atom. The van der Waals surface area contributed by atoms with Gasteiger partial charge in [-0.25, -0.2) is 15.0 Å². The number of hydrogen-bond donors (Lipinski definition) is 0. The molecule has 10 heteroatoms. The number of oxime groups is 1. The molecule has 3 heterocycles. The quantitative estimate of drug-likeness (QED) is 0.370. The fourth-order valence-corrected chi connectivity index (χ4v) is 4.99. The summed E-state index contributed by atoms with van der Waals surface area (Å²) in [5.41, 5.74) is 3.56. The first-order valence-electron chi connectivity index (χ1n) is 12.7. The lowest BCUT2D eigenvalue weighted by atomic mass is 9.80. The highest BCUT2D eigenvalue weighted by Gasteiger charge is 2.32.